The van der Waals surface area contributed by atoms with E-state index in [1.165, 1.54) is 57.8 Å². The number of unbranched alkanes of at least 4 members (excludes halogenated alkanes) is 10. The van der Waals surface area contributed by atoms with Gasteiger partial charge in [-0.2, -0.15) is 0 Å². The highest BCUT2D eigenvalue weighted by molar-refractivity contribution is 6.03. The van der Waals surface area contributed by atoms with Crippen LogP contribution in [0.25, 0.3) is 0 Å². The molecule has 0 saturated carbocycles. The fourth-order valence-electron chi connectivity index (χ4n) is 4.00. The van der Waals surface area contributed by atoms with Crippen molar-refractivity contribution in [1.29, 1.82) is 0 Å². The van der Waals surface area contributed by atoms with Crippen LogP contribution in [0.1, 0.15) is 132 Å². The quantitative estimate of drug-likeness (QED) is 0.190. The predicted molar refractivity (Wildman–Crippen MR) is 132 cm³/mol. The summed E-state index contributed by atoms with van der Waals surface area (Å²) in [7, 11) is 0. The zero-order valence-corrected chi connectivity index (χ0v) is 21.2. The number of benzene rings is 1. The average molecular weight is 447 g/mol. The van der Waals surface area contributed by atoms with E-state index < -0.39 is 11.9 Å². The molecule has 0 aliphatic heterocycles. The number of hydrogen-bond acceptors (Lipinski definition) is 4. The van der Waals surface area contributed by atoms with E-state index in [2.05, 4.69) is 27.7 Å². The van der Waals surface area contributed by atoms with Crippen LogP contribution >= 0.6 is 0 Å². The molecule has 0 aromatic heterocycles. The van der Waals surface area contributed by atoms with Crippen LogP contribution in [0.3, 0.4) is 0 Å². The largest absolute Gasteiger partial charge is 0.462 e. The molecule has 0 fully saturated rings. The summed E-state index contributed by atoms with van der Waals surface area (Å²) in [6.45, 7) is 10.8. The molecule has 0 heterocycles. The third-order valence-corrected chi connectivity index (χ3v) is 5.56. The summed E-state index contributed by atoms with van der Waals surface area (Å²) in [5.74, 6) is -0.919. The summed E-state index contributed by atoms with van der Waals surface area (Å²) in [5, 5.41) is 0. The fraction of sp³-hybridized carbons (Fsp3) is 0.714. The Morgan fingerprint density at radius 1 is 0.781 bits per heavy atom. The lowest BCUT2D eigenvalue weighted by Gasteiger charge is -2.23. The maximum atomic E-state index is 12.6. The second-order valence-electron chi connectivity index (χ2n) is 10.2. The summed E-state index contributed by atoms with van der Waals surface area (Å²) < 4.78 is 11.0. The van der Waals surface area contributed by atoms with Gasteiger partial charge in [-0.3, -0.25) is 0 Å². The van der Waals surface area contributed by atoms with Crippen LogP contribution in [0.2, 0.25) is 0 Å². The van der Waals surface area contributed by atoms with Gasteiger partial charge in [0.1, 0.15) is 0 Å². The first-order chi connectivity index (χ1) is 15.2. The molecular weight excluding hydrogens is 400 g/mol. The maximum absolute atomic E-state index is 12.6. The van der Waals surface area contributed by atoms with Gasteiger partial charge in [-0.1, -0.05) is 104 Å². The van der Waals surface area contributed by atoms with Gasteiger partial charge in [-0.15, -0.1) is 0 Å². The smallest absolute Gasteiger partial charge is 0.339 e. The van der Waals surface area contributed by atoms with Crippen LogP contribution in [0.4, 0.5) is 0 Å². The highest BCUT2D eigenvalue weighted by Gasteiger charge is 2.23. The minimum Gasteiger partial charge on any atom is -0.462 e. The Kier molecular flexibility index (Phi) is 14.0. The highest BCUT2D eigenvalue weighted by Crippen LogP contribution is 2.23. The average Bonchev–Trinajstić information content (AvgIpc) is 2.73. The van der Waals surface area contributed by atoms with E-state index in [0.29, 0.717) is 6.61 Å². The van der Waals surface area contributed by atoms with Gasteiger partial charge in [0.05, 0.1) is 23.8 Å². The normalized spacial score (nSPS) is 12.4. The van der Waals surface area contributed by atoms with E-state index >= 15 is 0 Å². The molecule has 1 aromatic carbocycles. The molecule has 0 bridgehead atoms. The zero-order valence-electron chi connectivity index (χ0n) is 21.2. The van der Waals surface area contributed by atoms with Crippen LogP contribution in [0.5, 0.6) is 0 Å². The van der Waals surface area contributed by atoms with Gasteiger partial charge in [0, 0.05) is 0 Å². The number of hydrogen-bond donors (Lipinski definition) is 0. The Labute approximate surface area is 196 Å². The summed E-state index contributed by atoms with van der Waals surface area (Å²) in [6, 6.07) is 6.75. The molecule has 4 heteroatoms. The molecule has 1 unspecified atom stereocenters. The van der Waals surface area contributed by atoms with Crippen molar-refractivity contribution in [2.75, 3.05) is 6.61 Å². The Morgan fingerprint density at radius 2 is 1.25 bits per heavy atom. The lowest BCUT2D eigenvalue weighted by atomic mass is 9.90. The molecule has 0 saturated heterocycles. The lowest BCUT2D eigenvalue weighted by Crippen LogP contribution is -2.23. The van der Waals surface area contributed by atoms with E-state index in [-0.39, 0.29) is 22.6 Å². The number of rotatable bonds is 16. The molecule has 0 radical (unpaired) electrons. The summed E-state index contributed by atoms with van der Waals surface area (Å²) in [6.07, 6.45) is 14.3. The van der Waals surface area contributed by atoms with Gasteiger partial charge in [-0.05, 0) is 37.3 Å². The molecule has 32 heavy (non-hydrogen) atoms. The van der Waals surface area contributed by atoms with Crippen molar-refractivity contribution in [2.24, 2.45) is 5.41 Å². The summed E-state index contributed by atoms with van der Waals surface area (Å²) in [5.41, 5.74) is 0.619. The zero-order chi connectivity index (χ0) is 23.8. The van der Waals surface area contributed by atoms with E-state index in [4.69, 9.17) is 9.47 Å². The van der Waals surface area contributed by atoms with E-state index in [1.807, 2.05) is 6.92 Å². The molecule has 0 amide bonds. The third kappa shape index (κ3) is 12.9. The molecule has 4 nitrogen and oxygen atoms in total. The van der Waals surface area contributed by atoms with E-state index in [1.54, 1.807) is 24.3 Å². The Morgan fingerprint density at radius 3 is 1.75 bits per heavy atom. The summed E-state index contributed by atoms with van der Waals surface area (Å²) >= 11 is 0. The first-order valence-corrected chi connectivity index (χ1v) is 12.7. The second kappa shape index (κ2) is 15.9. The van der Waals surface area contributed by atoms with Crippen molar-refractivity contribution in [3.63, 3.8) is 0 Å². The van der Waals surface area contributed by atoms with Crippen molar-refractivity contribution in [2.45, 2.75) is 118 Å². The van der Waals surface area contributed by atoms with E-state index in [0.717, 1.165) is 19.3 Å². The first-order valence-electron chi connectivity index (χ1n) is 12.7. The van der Waals surface area contributed by atoms with Gasteiger partial charge in [0.15, 0.2) is 0 Å². The molecule has 0 N–H and O–H groups in total. The molecule has 0 spiro atoms. The molecule has 1 rings (SSSR count). The Balaban J connectivity index is 2.30. The van der Waals surface area contributed by atoms with Crippen molar-refractivity contribution in [3.05, 3.63) is 35.4 Å². The molecule has 0 aliphatic carbocycles. The molecule has 0 aliphatic rings. The monoisotopic (exact) mass is 446 g/mol. The van der Waals surface area contributed by atoms with Gasteiger partial charge < -0.3 is 9.47 Å². The van der Waals surface area contributed by atoms with Crippen LogP contribution in [-0.2, 0) is 9.47 Å². The van der Waals surface area contributed by atoms with Crippen LogP contribution in [0, 0.1) is 5.41 Å². The fourth-order valence-corrected chi connectivity index (χ4v) is 4.00. The SMILES string of the molecule is CCCCCCCCCCCCCOC(=O)c1ccccc1C(=O)OC(C)CC(C)(C)C. The maximum Gasteiger partial charge on any atom is 0.339 e. The standard InChI is InChI=1S/C28H46O4/c1-6-7-8-9-10-11-12-13-14-15-18-21-31-26(29)24-19-16-17-20-25(24)27(30)32-23(2)22-28(3,4)5/h16-17,19-20,23H,6-15,18,21-22H2,1-5H3. The van der Waals surface area contributed by atoms with Gasteiger partial charge in [0.25, 0.3) is 0 Å². The molecule has 1 aromatic rings. The topological polar surface area (TPSA) is 52.6 Å². The van der Waals surface area contributed by atoms with Gasteiger partial charge >= 0.3 is 11.9 Å². The Hall–Kier alpha value is -1.84. The molecule has 1 atom stereocenters. The minimum absolute atomic E-state index is 0.0623. The second-order valence-corrected chi connectivity index (χ2v) is 10.2. The number of ether oxygens (including phenoxy) is 2. The lowest BCUT2D eigenvalue weighted by molar-refractivity contribution is 0.0244. The van der Waals surface area contributed by atoms with E-state index in [9.17, 15) is 9.59 Å². The number of esters is 2. The predicted octanol–water partition coefficient (Wildman–Crippen LogP) is 8.14. The number of carbonyl (C=O) groups is 2. The van der Waals surface area contributed by atoms with Crippen LogP contribution in [0.15, 0.2) is 24.3 Å². The van der Waals surface area contributed by atoms with Crippen molar-refractivity contribution in [1.82, 2.24) is 0 Å². The van der Waals surface area contributed by atoms with Gasteiger partial charge in [-0.25, -0.2) is 9.59 Å². The van der Waals surface area contributed by atoms with Crippen molar-refractivity contribution < 1.29 is 19.1 Å². The van der Waals surface area contributed by atoms with Crippen LogP contribution < -0.4 is 0 Å². The highest BCUT2D eigenvalue weighted by atomic mass is 16.5. The molecule has 182 valence electrons. The first kappa shape index (κ1) is 28.2. The molecular formula is C28H46O4. The minimum atomic E-state index is -0.469. The third-order valence-electron chi connectivity index (χ3n) is 5.56. The summed E-state index contributed by atoms with van der Waals surface area (Å²) in [4.78, 5) is 25.1. The van der Waals surface area contributed by atoms with Crippen molar-refractivity contribution >= 4 is 11.9 Å². The Bertz CT molecular complexity index is 660. The van der Waals surface area contributed by atoms with Crippen LogP contribution in [-0.4, -0.2) is 24.6 Å². The van der Waals surface area contributed by atoms with Crippen molar-refractivity contribution in [3.8, 4) is 0 Å². The van der Waals surface area contributed by atoms with Gasteiger partial charge in [0.2, 0.25) is 0 Å². The number of carbonyl (C=O) groups excluding carboxylic acids is 2.